The standard InChI is InChI=1S/C19H11FN4O/c20-15-9-11(25)5-6-12(15)17-14-7-8-24-19(14)18(21-10-22-24)13-3-1-2-4-16(13)23-17/h1-10,25H. The maximum atomic E-state index is 14.5. The first kappa shape index (κ1) is 13.9. The Hall–Kier alpha value is -3.54. The normalized spacial score (nSPS) is 12.6. The topological polar surface area (TPSA) is 62.8 Å². The van der Waals surface area contributed by atoms with Gasteiger partial charge in [0.25, 0.3) is 0 Å². The first-order chi connectivity index (χ1) is 12.2. The molecule has 5 rings (SSSR count). The van der Waals surface area contributed by atoms with Gasteiger partial charge in [0.05, 0.1) is 11.4 Å². The first-order valence-electron chi connectivity index (χ1n) is 7.72. The van der Waals surface area contributed by atoms with Gasteiger partial charge in [-0.05, 0) is 24.3 Å². The molecular weight excluding hydrogens is 319 g/mol. The SMILES string of the molecule is Oc1ccc(C2=Nc3ccccc3-c3ncnn4ccc2c34)c(F)c1. The molecule has 0 spiro atoms. The average Bonchev–Trinajstić information content (AvgIpc) is 2.98. The van der Waals surface area contributed by atoms with Gasteiger partial charge in [0.2, 0.25) is 0 Å². The maximum Gasteiger partial charge on any atom is 0.137 e. The van der Waals surface area contributed by atoms with Crippen LogP contribution in [-0.4, -0.2) is 25.4 Å². The largest absolute Gasteiger partial charge is 0.508 e. The monoisotopic (exact) mass is 330 g/mol. The van der Waals surface area contributed by atoms with Gasteiger partial charge in [0, 0.05) is 29.0 Å². The lowest BCUT2D eigenvalue weighted by Crippen LogP contribution is -2.05. The summed E-state index contributed by atoms with van der Waals surface area (Å²) in [6, 6.07) is 13.5. The van der Waals surface area contributed by atoms with Gasteiger partial charge in [0.15, 0.2) is 0 Å². The van der Waals surface area contributed by atoms with Gasteiger partial charge in [0.1, 0.15) is 29.1 Å². The molecule has 0 unspecified atom stereocenters. The summed E-state index contributed by atoms with van der Waals surface area (Å²) in [5.41, 5.74) is 4.66. The number of rotatable bonds is 1. The molecule has 0 bridgehead atoms. The van der Waals surface area contributed by atoms with Gasteiger partial charge in [-0.2, -0.15) is 5.10 Å². The Kier molecular flexibility index (Phi) is 2.76. The molecule has 0 saturated carbocycles. The predicted molar refractivity (Wildman–Crippen MR) is 91.8 cm³/mol. The van der Waals surface area contributed by atoms with E-state index in [1.54, 1.807) is 10.7 Å². The molecule has 1 N–H and O–H groups in total. The summed E-state index contributed by atoms with van der Waals surface area (Å²) in [5, 5.41) is 13.8. The van der Waals surface area contributed by atoms with Crippen LogP contribution in [0.3, 0.4) is 0 Å². The molecule has 2 aromatic heterocycles. The molecule has 0 amide bonds. The number of halogens is 1. The van der Waals surface area contributed by atoms with E-state index in [0.717, 1.165) is 28.4 Å². The van der Waals surface area contributed by atoms with E-state index in [4.69, 9.17) is 4.99 Å². The van der Waals surface area contributed by atoms with Crippen LogP contribution in [0.25, 0.3) is 16.8 Å². The summed E-state index contributed by atoms with van der Waals surface area (Å²) in [7, 11) is 0. The van der Waals surface area contributed by atoms with Crippen molar-refractivity contribution in [3.63, 3.8) is 0 Å². The van der Waals surface area contributed by atoms with Crippen LogP contribution in [0, 0.1) is 5.82 Å². The summed E-state index contributed by atoms with van der Waals surface area (Å²) >= 11 is 0. The number of aromatic nitrogens is 3. The Morgan fingerprint density at radius 2 is 1.84 bits per heavy atom. The number of nitrogens with zero attached hydrogens (tertiary/aromatic N) is 4. The number of benzene rings is 2. The smallest absolute Gasteiger partial charge is 0.137 e. The van der Waals surface area contributed by atoms with Crippen LogP contribution in [0.5, 0.6) is 5.75 Å². The van der Waals surface area contributed by atoms with Crippen LogP contribution in [-0.2, 0) is 0 Å². The van der Waals surface area contributed by atoms with E-state index in [2.05, 4.69) is 10.1 Å². The molecule has 1 aliphatic heterocycles. The van der Waals surface area contributed by atoms with Crippen LogP contribution in [0.15, 0.2) is 66.0 Å². The number of hydrogen-bond acceptors (Lipinski definition) is 4. The van der Waals surface area contributed by atoms with Crippen molar-refractivity contribution >= 4 is 16.9 Å². The van der Waals surface area contributed by atoms with Gasteiger partial charge in [-0.25, -0.2) is 18.9 Å². The number of hydrogen-bond donors (Lipinski definition) is 1. The minimum Gasteiger partial charge on any atom is -0.508 e. The number of fused-ring (bicyclic) bond motifs is 2. The van der Waals surface area contributed by atoms with Gasteiger partial charge >= 0.3 is 0 Å². The van der Waals surface area contributed by atoms with Crippen molar-refractivity contribution in [3.05, 3.63) is 78.0 Å². The number of aromatic hydroxyl groups is 1. The zero-order valence-electron chi connectivity index (χ0n) is 12.9. The Morgan fingerprint density at radius 1 is 0.960 bits per heavy atom. The lowest BCUT2D eigenvalue weighted by molar-refractivity contribution is 0.469. The zero-order valence-corrected chi connectivity index (χ0v) is 12.9. The Bertz CT molecular complexity index is 1180. The number of phenols is 1. The fourth-order valence-corrected chi connectivity index (χ4v) is 3.20. The lowest BCUT2D eigenvalue weighted by Gasteiger charge is -2.07. The second-order valence-electron chi connectivity index (χ2n) is 5.77. The summed E-state index contributed by atoms with van der Waals surface area (Å²) < 4.78 is 16.2. The number of phenolic OH excluding ortho intramolecular Hbond substituents is 1. The molecule has 6 heteroatoms. The van der Waals surface area contributed by atoms with E-state index < -0.39 is 5.82 Å². The Morgan fingerprint density at radius 3 is 2.72 bits per heavy atom. The van der Waals surface area contributed by atoms with Crippen molar-refractivity contribution in [2.75, 3.05) is 0 Å². The van der Waals surface area contributed by atoms with Crippen molar-refractivity contribution in [2.24, 2.45) is 4.99 Å². The highest BCUT2D eigenvalue weighted by atomic mass is 19.1. The summed E-state index contributed by atoms with van der Waals surface area (Å²) in [5.74, 6) is -0.655. The predicted octanol–water partition coefficient (Wildman–Crippen LogP) is 3.72. The van der Waals surface area contributed by atoms with Crippen LogP contribution in [0.1, 0.15) is 11.1 Å². The van der Waals surface area contributed by atoms with Gasteiger partial charge in [-0.15, -0.1) is 0 Å². The third-order valence-electron chi connectivity index (χ3n) is 4.31. The molecule has 0 fully saturated rings. The molecule has 0 saturated heterocycles. The molecule has 25 heavy (non-hydrogen) atoms. The fourth-order valence-electron chi connectivity index (χ4n) is 3.20. The highest BCUT2D eigenvalue weighted by Gasteiger charge is 2.24. The fraction of sp³-hybridized carbons (Fsp3) is 0. The minimum absolute atomic E-state index is 0.123. The highest BCUT2D eigenvalue weighted by molar-refractivity contribution is 6.20. The second kappa shape index (κ2) is 4.98. The Labute approximate surface area is 141 Å². The van der Waals surface area contributed by atoms with Crippen LogP contribution < -0.4 is 0 Å². The number of para-hydroxylation sites is 1. The molecule has 1 aliphatic rings. The molecule has 5 nitrogen and oxygen atoms in total. The lowest BCUT2D eigenvalue weighted by atomic mass is 10.0. The van der Waals surface area contributed by atoms with Crippen molar-refractivity contribution in [2.45, 2.75) is 0 Å². The first-order valence-corrected chi connectivity index (χ1v) is 7.72. The van der Waals surface area contributed by atoms with Crippen LogP contribution in [0.4, 0.5) is 10.1 Å². The third-order valence-corrected chi connectivity index (χ3v) is 4.31. The van der Waals surface area contributed by atoms with Crippen LogP contribution >= 0.6 is 0 Å². The van der Waals surface area contributed by atoms with E-state index >= 15 is 0 Å². The third kappa shape index (κ3) is 1.97. The van der Waals surface area contributed by atoms with Crippen molar-refractivity contribution in [3.8, 4) is 17.0 Å². The van der Waals surface area contributed by atoms with E-state index in [1.807, 2.05) is 30.3 Å². The summed E-state index contributed by atoms with van der Waals surface area (Å²) in [4.78, 5) is 9.16. The molecule has 0 atom stereocenters. The number of aliphatic imine (C=N–C) groups is 1. The Balaban J connectivity index is 1.92. The minimum atomic E-state index is -0.532. The van der Waals surface area contributed by atoms with Crippen molar-refractivity contribution in [1.82, 2.24) is 14.6 Å². The van der Waals surface area contributed by atoms with E-state index in [-0.39, 0.29) is 5.75 Å². The molecule has 0 radical (unpaired) electrons. The van der Waals surface area contributed by atoms with Gasteiger partial charge < -0.3 is 5.11 Å². The van der Waals surface area contributed by atoms with E-state index in [0.29, 0.717) is 17.0 Å². The van der Waals surface area contributed by atoms with E-state index in [9.17, 15) is 9.50 Å². The second-order valence-corrected chi connectivity index (χ2v) is 5.77. The van der Waals surface area contributed by atoms with Crippen molar-refractivity contribution < 1.29 is 9.50 Å². The van der Waals surface area contributed by atoms with Gasteiger partial charge in [-0.3, -0.25) is 0 Å². The quantitative estimate of drug-likeness (QED) is 0.509. The van der Waals surface area contributed by atoms with Crippen molar-refractivity contribution in [1.29, 1.82) is 0 Å². The van der Waals surface area contributed by atoms with E-state index in [1.165, 1.54) is 18.5 Å². The molecular formula is C19H11FN4O. The summed E-state index contributed by atoms with van der Waals surface area (Å²) in [6.45, 7) is 0. The molecule has 4 aromatic rings. The molecule has 120 valence electrons. The van der Waals surface area contributed by atoms with Crippen LogP contribution in [0.2, 0.25) is 0 Å². The summed E-state index contributed by atoms with van der Waals surface area (Å²) in [6.07, 6.45) is 3.30. The molecule has 0 aliphatic carbocycles. The zero-order chi connectivity index (χ0) is 17.0. The maximum absolute atomic E-state index is 14.5. The average molecular weight is 330 g/mol. The molecule has 2 aromatic carbocycles. The van der Waals surface area contributed by atoms with Gasteiger partial charge in [-0.1, -0.05) is 18.2 Å². The molecule has 3 heterocycles. The highest BCUT2D eigenvalue weighted by Crippen LogP contribution is 2.37.